The molecule has 3 aromatic rings. The topological polar surface area (TPSA) is 95.7 Å². The van der Waals surface area contributed by atoms with Crippen LogP contribution >= 0.6 is 0 Å². The molecule has 3 N–H and O–H groups in total. The van der Waals surface area contributed by atoms with Crippen LogP contribution in [0.15, 0.2) is 29.1 Å². The molecule has 0 saturated heterocycles. The van der Waals surface area contributed by atoms with Gasteiger partial charge in [-0.05, 0) is 25.5 Å². The highest BCUT2D eigenvalue weighted by Crippen LogP contribution is 2.29. The summed E-state index contributed by atoms with van der Waals surface area (Å²) in [5.74, 6) is 1.44. The van der Waals surface area contributed by atoms with E-state index >= 15 is 0 Å². The Morgan fingerprint density at radius 3 is 2.96 bits per heavy atom. The van der Waals surface area contributed by atoms with Crippen molar-refractivity contribution in [2.24, 2.45) is 0 Å². The molecular weight excluding hydrogens is 294 g/mol. The smallest absolute Gasteiger partial charge is 0.340 e. The summed E-state index contributed by atoms with van der Waals surface area (Å²) in [6, 6.07) is 7.92. The van der Waals surface area contributed by atoms with Crippen molar-refractivity contribution in [3.63, 3.8) is 0 Å². The molecule has 2 heterocycles. The quantitative estimate of drug-likeness (QED) is 0.605. The summed E-state index contributed by atoms with van der Waals surface area (Å²) in [4.78, 5) is 18.2. The Hall–Kier alpha value is -2.83. The molecule has 0 saturated carbocycles. The van der Waals surface area contributed by atoms with Crippen molar-refractivity contribution in [1.29, 1.82) is 0 Å². The zero-order valence-corrected chi connectivity index (χ0v) is 13.1. The van der Waals surface area contributed by atoms with Crippen molar-refractivity contribution in [2.75, 3.05) is 19.0 Å². The number of methoxy groups -OCH3 is 1. The van der Waals surface area contributed by atoms with Crippen LogP contribution in [0.3, 0.4) is 0 Å². The van der Waals surface area contributed by atoms with Gasteiger partial charge in [-0.1, -0.05) is 12.1 Å². The predicted octanol–water partition coefficient (Wildman–Crippen LogP) is 2.01. The average molecular weight is 313 g/mol. The number of benzene rings is 1. The molecule has 23 heavy (non-hydrogen) atoms. The molecule has 0 amide bonds. The fourth-order valence-corrected chi connectivity index (χ4v) is 2.56. The molecule has 120 valence electrons. The van der Waals surface area contributed by atoms with Gasteiger partial charge >= 0.3 is 5.69 Å². The molecule has 1 aromatic carbocycles. The number of para-hydroxylation sites is 1. The molecule has 0 fully saturated rings. The first-order valence-electron chi connectivity index (χ1n) is 7.49. The minimum absolute atomic E-state index is 0.268. The van der Waals surface area contributed by atoms with Gasteiger partial charge in [0.05, 0.1) is 7.11 Å². The lowest BCUT2D eigenvalue weighted by atomic mass is 10.1. The normalized spacial score (nSPS) is 10.9. The first kappa shape index (κ1) is 15.1. The molecular formula is C16H19N5O2. The molecule has 7 heteroatoms. The summed E-state index contributed by atoms with van der Waals surface area (Å²) in [5.41, 5.74) is 2.55. The van der Waals surface area contributed by atoms with Crippen LogP contribution in [0, 0.1) is 6.92 Å². The van der Waals surface area contributed by atoms with E-state index in [0.717, 1.165) is 41.0 Å². The fraction of sp³-hybridized carbons (Fsp3) is 0.312. The molecule has 0 spiro atoms. The lowest BCUT2D eigenvalue weighted by Gasteiger charge is -2.12. The van der Waals surface area contributed by atoms with E-state index in [1.807, 2.05) is 31.2 Å². The van der Waals surface area contributed by atoms with E-state index in [0.29, 0.717) is 12.2 Å². The minimum atomic E-state index is -0.268. The number of fused-ring (bicyclic) bond motifs is 1. The van der Waals surface area contributed by atoms with Crippen molar-refractivity contribution in [3.8, 4) is 5.75 Å². The molecule has 3 rings (SSSR count). The lowest BCUT2D eigenvalue weighted by molar-refractivity contribution is 0.419. The Bertz CT molecular complexity index is 868. The standard InChI is InChI=1S/C16H19N5O2/c1-10-9-12(11-5-3-6-13(23-2)15(11)18-10)17-8-4-7-14-19-16(22)21-20-14/h3,5-6,9H,4,7-8H2,1-2H3,(H,17,18)(H2,19,20,21,22). The SMILES string of the molecule is COc1cccc2c(NCCCc3n[nH]c(=O)[nH]3)cc(C)nc12. The van der Waals surface area contributed by atoms with Crippen molar-refractivity contribution in [1.82, 2.24) is 20.2 Å². The Balaban J connectivity index is 1.73. The number of anilines is 1. The van der Waals surface area contributed by atoms with E-state index in [9.17, 15) is 4.79 Å². The number of aryl methyl sites for hydroxylation is 2. The maximum absolute atomic E-state index is 11.0. The van der Waals surface area contributed by atoms with Crippen LogP contribution in [0.2, 0.25) is 0 Å². The Kier molecular flexibility index (Phi) is 4.27. The molecule has 0 unspecified atom stereocenters. The van der Waals surface area contributed by atoms with Gasteiger partial charge < -0.3 is 10.1 Å². The number of pyridine rings is 1. The summed E-state index contributed by atoms with van der Waals surface area (Å²) >= 11 is 0. The van der Waals surface area contributed by atoms with Crippen molar-refractivity contribution in [3.05, 3.63) is 46.3 Å². The third-order valence-electron chi connectivity index (χ3n) is 3.61. The molecule has 0 radical (unpaired) electrons. The highest BCUT2D eigenvalue weighted by Gasteiger charge is 2.08. The third kappa shape index (κ3) is 3.33. The maximum Gasteiger partial charge on any atom is 0.340 e. The van der Waals surface area contributed by atoms with Gasteiger partial charge in [-0.3, -0.25) is 4.98 Å². The van der Waals surface area contributed by atoms with Gasteiger partial charge in [0.15, 0.2) is 0 Å². The van der Waals surface area contributed by atoms with Gasteiger partial charge in [-0.2, -0.15) is 5.10 Å². The number of aromatic amines is 2. The van der Waals surface area contributed by atoms with Gasteiger partial charge in [0, 0.05) is 29.7 Å². The van der Waals surface area contributed by atoms with E-state index in [-0.39, 0.29) is 5.69 Å². The molecule has 0 atom stereocenters. The number of hydrogen-bond acceptors (Lipinski definition) is 5. The summed E-state index contributed by atoms with van der Waals surface area (Å²) in [6.45, 7) is 2.73. The molecule has 0 aliphatic rings. The van der Waals surface area contributed by atoms with Crippen LogP contribution in [-0.4, -0.2) is 33.8 Å². The molecule has 0 aliphatic heterocycles. The monoisotopic (exact) mass is 313 g/mol. The fourth-order valence-electron chi connectivity index (χ4n) is 2.56. The second kappa shape index (κ2) is 6.51. The van der Waals surface area contributed by atoms with Crippen LogP contribution in [0.5, 0.6) is 5.75 Å². The van der Waals surface area contributed by atoms with E-state index in [1.165, 1.54) is 0 Å². The minimum Gasteiger partial charge on any atom is -0.494 e. The average Bonchev–Trinajstić information content (AvgIpc) is 2.96. The number of nitrogens with one attached hydrogen (secondary N) is 3. The van der Waals surface area contributed by atoms with E-state index in [2.05, 4.69) is 25.5 Å². The first-order valence-corrected chi connectivity index (χ1v) is 7.49. The van der Waals surface area contributed by atoms with E-state index < -0.39 is 0 Å². The van der Waals surface area contributed by atoms with Gasteiger partial charge in [-0.25, -0.2) is 14.9 Å². The second-order valence-electron chi connectivity index (χ2n) is 5.32. The number of hydrogen-bond donors (Lipinski definition) is 3. The van der Waals surface area contributed by atoms with Crippen LogP contribution in [0.4, 0.5) is 5.69 Å². The maximum atomic E-state index is 11.0. The summed E-state index contributed by atoms with van der Waals surface area (Å²) in [6.07, 6.45) is 1.56. The highest BCUT2D eigenvalue weighted by atomic mass is 16.5. The number of aromatic nitrogens is 4. The number of ether oxygens (including phenoxy) is 1. The third-order valence-corrected chi connectivity index (χ3v) is 3.61. The lowest BCUT2D eigenvalue weighted by Crippen LogP contribution is -2.06. The zero-order valence-electron chi connectivity index (χ0n) is 13.1. The van der Waals surface area contributed by atoms with Crippen molar-refractivity contribution < 1.29 is 4.74 Å². The number of H-pyrrole nitrogens is 2. The summed E-state index contributed by atoms with van der Waals surface area (Å²) in [7, 11) is 1.65. The van der Waals surface area contributed by atoms with Crippen molar-refractivity contribution >= 4 is 16.6 Å². The number of rotatable bonds is 6. The van der Waals surface area contributed by atoms with E-state index in [1.54, 1.807) is 7.11 Å². The van der Waals surface area contributed by atoms with Crippen molar-refractivity contribution in [2.45, 2.75) is 19.8 Å². The van der Waals surface area contributed by atoms with Gasteiger partial charge in [-0.15, -0.1) is 0 Å². The largest absolute Gasteiger partial charge is 0.494 e. The summed E-state index contributed by atoms with van der Waals surface area (Å²) in [5, 5.41) is 10.7. The van der Waals surface area contributed by atoms with Crippen LogP contribution in [0.1, 0.15) is 17.9 Å². The van der Waals surface area contributed by atoms with Gasteiger partial charge in [0.25, 0.3) is 0 Å². The van der Waals surface area contributed by atoms with E-state index in [4.69, 9.17) is 4.74 Å². The summed E-state index contributed by atoms with van der Waals surface area (Å²) < 4.78 is 5.39. The van der Waals surface area contributed by atoms with Crippen LogP contribution < -0.4 is 15.7 Å². The first-order chi connectivity index (χ1) is 11.2. The molecule has 2 aromatic heterocycles. The van der Waals surface area contributed by atoms with Gasteiger partial charge in [0.2, 0.25) is 0 Å². The Morgan fingerprint density at radius 1 is 1.35 bits per heavy atom. The molecule has 0 bridgehead atoms. The highest BCUT2D eigenvalue weighted by molar-refractivity contribution is 5.95. The second-order valence-corrected chi connectivity index (χ2v) is 5.32. The van der Waals surface area contributed by atoms with Gasteiger partial charge in [0.1, 0.15) is 17.1 Å². The van der Waals surface area contributed by atoms with Crippen LogP contribution in [-0.2, 0) is 6.42 Å². The van der Waals surface area contributed by atoms with Crippen LogP contribution in [0.25, 0.3) is 10.9 Å². The Labute approximate surface area is 133 Å². The predicted molar refractivity (Wildman–Crippen MR) is 89.1 cm³/mol. The Morgan fingerprint density at radius 2 is 2.22 bits per heavy atom. The number of nitrogens with zero attached hydrogens (tertiary/aromatic N) is 2. The molecule has 0 aliphatic carbocycles. The zero-order chi connectivity index (χ0) is 16.2. The molecule has 7 nitrogen and oxygen atoms in total.